The summed E-state index contributed by atoms with van der Waals surface area (Å²) in [5, 5.41) is 12.8. The summed E-state index contributed by atoms with van der Waals surface area (Å²) in [7, 11) is 1.13. The molecule has 0 saturated heterocycles. The van der Waals surface area contributed by atoms with Gasteiger partial charge in [0.15, 0.2) is 0 Å². The fourth-order valence-electron chi connectivity index (χ4n) is 4.26. The van der Waals surface area contributed by atoms with Gasteiger partial charge in [0.2, 0.25) is 0 Å². The summed E-state index contributed by atoms with van der Waals surface area (Å²) >= 11 is 0. The van der Waals surface area contributed by atoms with E-state index in [0.717, 1.165) is 31.4 Å². The summed E-state index contributed by atoms with van der Waals surface area (Å²) in [6.45, 7) is 0. The average molecular weight is 588 g/mol. The first-order valence-corrected chi connectivity index (χ1v) is 12.4. The number of esters is 1. The van der Waals surface area contributed by atoms with E-state index in [1.165, 1.54) is 42.5 Å². The molecule has 0 unspecified atom stereocenters. The van der Waals surface area contributed by atoms with Crippen molar-refractivity contribution >= 4 is 11.9 Å². The monoisotopic (exact) mass is 587 g/mol. The van der Waals surface area contributed by atoms with E-state index in [-0.39, 0.29) is 12.0 Å². The van der Waals surface area contributed by atoms with Gasteiger partial charge in [0, 0.05) is 6.42 Å². The first kappa shape index (κ1) is 30.2. The quantitative estimate of drug-likeness (QED) is 0.176. The number of carbonyl (C=O) groups excluding carboxylic acids is 2. The number of hydrogen-bond donors (Lipinski definition) is 2. The summed E-state index contributed by atoms with van der Waals surface area (Å²) in [6, 6.07) is 18.2. The molecule has 0 aromatic heterocycles. The van der Waals surface area contributed by atoms with E-state index in [2.05, 4.69) is 5.32 Å². The minimum absolute atomic E-state index is 0.0410. The van der Waals surface area contributed by atoms with Gasteiger partial charge in [0.05, 0.1) is 23.8 Å². The van der Waals surface area contributed by atoms with Gasteiger partial charge in [-0.15, -0.1) is 0 Å². The molecule has 0 aliphatic carbocycles. The Morgan fingerprint density at radius 3 is 1.86 bits per heavy atom. The number of alkyl halides is 6. The van der Waals surface area contributed by atoms with E-state index < -0.39 is 47.1 Å². The van der Waals surface area contributed by atoms with Crippen LogP contribution in [-0.4, -0.2) is 30.1 Å². The van der Waals surface area contributed by atoms with E-state index in [0.29, 0.717) is 27.8 Å². The Hall–Kier alpha value is -4.80. The third-order valence-electron chi connectivity index (χ3n) is 6.49. The van der Waals surface area contributed by atoms with E-state index in [1.54, 1.807) is 24.3 Å². The van der Waals surface area contributed by atoms with Gasteiger partial charge < -0.3 is 15.2 Å². The molecule has 218 valence electrons. The highest BCUT2D eigenvalue weighted by atomic mass is 19.4. The first-order chi connectivity index (χ1) is 19.8. The number of halogens is 6. The Labute approximate surface area is 236 Å². The maximum atomic E-state index is 13.1. The summed E-state index contributed by atoms with van der Waals surface area (Å²) in [6.07, 6.45) is -9.05. The van der Waals surface area contributed by atoms with Crippen molar-refractivity contribution in [2.45, 2.75) is 24.8 Å². The molecule has 0 fully saturated rings. The molecule has 5 nitrogen and oxygen atoms in total. The maximum Gasteiger partial charge on any atom is 0.416 e. The molecule has 4 rings (SSSR count). The number of aromatic hydroxyl groups is 1. The minimum atomic E-state index is -4.51. The van der Waals surface area contributed by atoms with Gasteiger partial charge in [0.1, 0.15) is 11.8 Å². The van der Waals surface area contributed by atoms with Gasteiger partial charge in [-0.2, -0.15) is 26.3 Å². The maximum absolute atomic E-state index is 13.1. The summed E-state index contributed by atoms with van der Waals surface area (Å²) in [4.78, 5) is 25.6. The molecule has 0 saturated carbocycles. The molecule has 0 aliphatic heterocycles. The van der Waals surface area contributed by atoms with Crippen molar-refractivity contribution in [3.63, 3.8) is 0 Å². The van der Waals surface area contributed by atoms with Crippen molar-refractivity contribution < 1.29 is 45.8 Å². The standard InChI is InChI=1S/C31H23F6NO4/c1-42-29(41)26(15-18-5-7-19(8-6-18)21-3-2-4-24(16-21)31(35,36)37)38-28(40)25-17-22(11-14-27(25)39)20-9-12-23(13-10-20)30(32,33)34/h2-14,16-17,26,39H,15H2,1H3,(H,38,40)/t26-/m0/s1. The summed E-state index contributed by atoms with van der Waals surface area (Å²) in [5.74, 6) is -2.04. The Morgan fingerprint density at radius 1 is 0.738 bits per heavy atom. The Bertz CT molecular complexity index is 1580. The number of carbonyl (C=O) groups is 2. The highest BCUT2D eigenvalue weighted by Gasteiger charge is 2.31. The molecule has 0 spiro atoms. The van der Waals surface area contributed by atoms with Crippen LogP contribution in [0.5, 0.6) is 5.75 Å². The number of ether oxygens (including phenoxy) is 1. The fraction of sp³-hybridized carbons (Fsp3) is 0.161. The molecule has 1 atom stereocenters. The molecule has 2 N–H and O–H groups in total. The SMILES string of the molecule is COC(=O)[C@H](Cc1ccc(-c2cccc(C(F)(F)F)c2)cc1)NC(=O)c1cc(-c2ccc(C(F)(F)F)cc2)ccc1O. The van der Waals surface area contributed by atoms with Crippen LogP contribution in [0.25, 0.3) is 22.3 Å². The van der Waals surface area contributed by atoms with Gasteiger partial charge >= 0.3 is 18.3 Å². The second-order valence-electron chi connectivity index (χ2n) is 9.34. The number of benzene rings is 4. The molecular weight excluding hydrogens is 564 g/mol. The van der Waals surface area contributed by atoms with Crippen LogP contribution >= 0.6 is 0 Å². The number of rotatable bonds is 7. The molecule has 0 aliphatic rings. The Morgan fingerprint density at radius 2 is 1.29 bits per heavy atom. The molecule has 4 aromatic rings. The van der Waals surface area contributed by atoms with Crippen LogP contribution in [0.4, 0.5) is 26.3 Å². The van der Waals surface area contributed by atoms with E-state index in [1.807, 2.05) is 0 Å². The summed E-state index contributed by atoms with van der Waals surface area (Å²) < 4.78 is 82.8. The molecule has 1 amide bonds. The van der Waals surface area contributed by atoms with Crippen LogP contribution in [0.2, 0.25) is 0 Å². The Kier molecular flexibility index (Phi) is 8.60. The lowest BCUT2D eigenvalue weighted by Gasteiger charge is -2.18. The lowest BCUT2D eigenvalue weighted by atomic mass is 9.98. The number of amides is 1. The third kappa shape index (κ3) is 7.09. The van der Waals surface area contributed by atoms with Crippen LogP contribution in [-0.2, 0) is 28.3 Å². The largest absolute Gasteiger partial charge is 0.507 e. The molecule has 0 radical (unpaired) electrons. The number of phenolic OH excluding ortho intramolecular Hbond substituents is 1. The van der Waals surface area contributed by atoms with Crippen molar-refractivity contribution in [2.75, 3.05) is 7.11 Å². The van der Waals surface area contributed by atoms with Crippen molar-refractivity contribution in [2.24, 2.45) is 0 Å². The number of methoxy groups -OCH3 is 1. The molecular formula is C31H23F6NO4. The number of phenols is 1. The third-order valence-corrected chi connectivity index (χ3v) is 6.49. The van der Waals surface area contributed by atoms with Crippen LogP contribution in [0.3, 0.4) is 0 Å². The predicted molar refractivity (Wildman–Crippen MR) is 142 cm³/mol. The summed E-state index contributed by atoms with van der Waals surface area (Å²) in [5.41, 5.74) is 0.278. The van der Waals surface area contributed by atoms with Crippen molar-refractivity contribution in [3.8, 4) is 28.0 Å². The number of hydrogen-bond acceptors (Lipinski definition) is 4. The zero-order valence-corrected chi connectivity index (χ0v) is 21.9. The zero-order valence-electron chi connectivity index (χ0n) is 21.9. The Balaban J connectivity index is 1.52. The van der Waals surface area contributed by atoms with E-state index in [9.17, 15) is 41.0 Å². The predicted octanol–water partition coefficient (Wildman–Crippen LogP) is 7.28. The van der Waals surface area contributed by atoms with Gasteiger partial charge in [-0.3, -0.25) is 4.79 Å². The second kappa shape index (κ2) is 12.0. The average Bonchev–Trinajstić information content (AvgIpc) is 2.96. The van der Waals surface area contributed by atoms with Crippen molar-refractivity contribution in [3.05, 3.63) is 113 Å². The second-order valence-corrected chi connectivity index (χ2v) is 9.34. The highest BCUT2D eigenvalue weighted by Crippen LogP contribution is 2.33. The van der Waals surface area contributed by atoms with Gasteiger partial charge in [-0.1, -0.05) is 54.6 Å². The smallest absolute Gasteiger partial charge is 0.416 e. The first-order valence-electron chi connectivity index (χ1n) is 12.4. The van der Waals surface area contributed by atoms with Crippen LogP contribution < -0.4 is 5.32 Å². The molecule has 11 heteroatoms. The van der Waals surface area contributed by atoms with Crippen LogP contribution in [0.15, 0.2) is 91.0 Å². The van der Waals surface area contributed by atoms with Crippen molar-refractivity contribution in [1.82, 2.24) is 5.32 Å². The topological polar surface area (TPSA) is 75.6 Å². The lowest BCUT2D eigenvalue weighted by molar-refractivity contribution is -0.143. The van der Waals surface area contributed by atoms with Crippen LogP contribution in [0, 0.1) is 0 Å². The molecule has 42 heavy (non-hydrogen) atoms. The fourth-order valence-corrected chi connectivity index (χ4v) is 4.26. The number of nitrogens with one attached hydrogen (secondary N) is 1. The minimum Gasteiger partial charge on any atom is -0.507 e. The lowest BCUT2D eigenvalue weighted by Crippen LogP contribution is -2.43. The van der Waals surface area contributed by atoms with E-state index >= 15 is 0 Å². The van der Waals surface area contributed by atoms with Gasteiger partial charge in [-0.05, 0) is 64.2 Å². The van der Waals surface area contributed by atoms with Crippen LogP contribution in [0.1, 0.15) is 27.0 Å². The van der Waals surface area contributed by atoms with E-state index in [4.69, 9.17) is 4.74 Å². The zero-order chi connectivity index (χ0) is 30.7. The molecule has 0 heterocycles. The normalized spacial score (nSPS) is 12.5. The molecule has 0 bridgehead atoms. The highest BCUT2D eigenvalue weighted by molar-refractivity contribution is 6.00. The van der Waals surface area contributed by atoms with Crippen molar-refractivity contribution in [1.29, 1.82) is 0 Å². The van der Waals surface area contributed by atoms with Gasteiger partial charge in [-0.25, -0.2) is 4.79 Å². The van der Waals surface area contributed by atoms with Gasteiger partial charge in [0.25, 0.3) is 5.91 Å². The molecule has 4 aromatic carbocycles.